The Bertz CT molecular complexity index is 1100. The number of nitrogens with zero attached hydrogens (tertiary/aromatic N) is 2. The van der Waals surface area contributed by atoms with E-state index in [4.69, 9.17) is 10.2 Å². The molecule has 0 saturated heterocycles. The molecule has 0 spiro atoms. The zero-order valence-electron chi connectivity index (χ0n) is 28.0. The number of hydrogen-bond donors (Lipinski definition) is 2. The van der Waals surface area contributed by atoms with Crippen molar-refractivity contribution in [2.75, 3.05) is 13.2 Å². The van der Waals surface area contributed by atoms with E-state index < -0.39 is 0 Å². The van der Waals surface area contributed by atoms with E-state index in [1.54, 1.807) is 0 Å². The van der Waals surface area contributed by atoms with Crippen molar-refractivity contribution in [3.8, 4) is 0 Å². The predicted molar refractivity (Wildman–Crippen MR) is 181 cm³/mol. The van der Waals surface area contributed by atoms with Crippen LogP contribution in [0.3, 0.4) is 0 Å². The smallest absolute Gasteiger partial charge is 0.211 e. The van der Waals surface area contributed by atoms with Gasteiger partial charge < -0.3 is 15.7 Å². The van der Waals surface area contributed by atoms with Crippen LogP contribution in [0, 0.1) is 0 Å². The first-order valence-corrected chi connectivity index (χ1v) is 16.8. The van der Waals surface area contributed by atoms with Crippen molar-refractivity contribution in [1.82, 2.24) is 0 Å². The van der Waals surface area contributed by atoms with E-state index in [0.29, 0.717) is 13.2 Å². The molecule has 0 fully saturated rings. The number of rotatable bonds is 16. The molecule has 2 N–H and O–H groups in total. The van der Waals surface area contributed by atoms with Crippen molar-refractivity contribution >= 4 is 11.4 Å². The monoisotopic (exact) mass is 634 g/mol. The molecule has 43 heavy (non-hydrogen) atoms. The van der Waals surface area contributed by atoms with Crippen LogP contribution in [-0.4, -0.2) is 28.1 Å². The molecule has 244 valence electrons. The van der Waals surface area contributed by atoms with Crippen molar-refractivity contribution < 1.29 is 31.4 Å². The summed E-state index contributed by atoms with van der Waals surface area (Å²) >= 11 is 0. The molecule has 0 unspecified atom stereocenters. The van der Waals surface area contributed by atoms with Gasteiger partial charge in [-0.3, -0.25) is 0 Å². The molecule has 0 saturated carbocycles. The van der Waals surface area contributed by atoms with Gasteiger partial charge in [0.2, 0.25) is 11.4 Å². The van der Waals surface area contributed by atoms with Crippen molar-refractivity contribution in [1.29, 1.82) is 0 Å². The molecular weight excluding hydrogens is 575 g/mol. The molecule has 0 bridgehead atoms. The van der Waals surface area contributed by atoms with Gasteiger partial charge in [0.15, 0.2) is 0 Å². The summed E-state index contributed by atoms with van der Waals surface area (Å²) in [6, 6.07) is 17.4. The Kier molecular flexibility index (Phi) is 24.1. The number of benzene rings is 2. The van der Waals surface area contributed by atoms with E-state index in [2.05, 4.69) is 90.1 Å². The zero-order valence-corrected chi connectivity index (χ0v) is 29.0. The molecule has 1 aliphatic rings. The maximum atomic E-state index is 11.6. The fourth-order valence-corrected chi connectivity index (χ4v) is 5.06. The Morgan fingerprint density at radius 1 is 0.558 bits per heavy atom. The van der Waals surface area contributed by atoms with E-state index in [1.165, 1.54) is 52.7 Å². The van der Waals surface area contributed by atoms with Crippen LogP contribution < -0.4 is 0 Å². The van der Waals surface area contributed by atoms with E-state index in [1.807, 2.05) is 0 Å². The maximum Gasteiger partial charge on any atom is 0.211 e. The van der Waals surface area contributed by atoms with Crippen molar-refractivity contribution in [2.45, 2.75) is 131 Å². The number of aliphatic hydroxyl groups is 2. The minimum Gasteiger partial charge on any atom is -0.493 e. The van der Waals surface area contributed by atoms with Crippen LogP contribution in [0.4, 0.5) is 0 Å². The minimum atomic E-state index is 0. The standard InChI is InChI=1S/C30H40N2.2C4H10O.Ni/c1-5-9-11-12-20-28-27(19-10-6-2)29(25-17-13-15-23(7-3)21-25)32(31)30(28)26-18-14-16-24(8-4)22-26;2*1-2-3-4-5;/h13-18,21-22H,5-12,19-20H2,1-4H3;2*5H,2-4H2,1H3;. The number of aliphatic hydroxyl groups excluding tert-OH is 2. The first-order valence-electron chi connectivity index (χ1n) is 16.8. The van der Waals surface area contributed by atoms with Crippen LogP contribution in [0.15, 0.2) is 59.7 Å². The Labute approximate surface area is 274 Å². The Morgan fingerprint density at radius 2 is 0.977 bits per heavy atom. The van der Waals surface area contributed by atoms with Gasteiger partial charge in [-0.2, -0.15) is 0 Å². The number of aryl methyl sites for hydroxylation is 2. The average Bonchev–Trinajstić information content (AvgIpc) is 3.30. The molecule has 5 heteroatoms. The zero-order chi connectivity index (χ0) is 31.2. The van der Waals surface area contributed by atoms with Gasteiger partial charge in [-0.25, -0.2) is 4.70 Å². The molecular formula is C38H60N2NiO2. The molecule has 0 aliphatic carbocycles. The summed E-state index contributed by atoms with van der Waals surface area (Å²) in [4.78, 5) is 0. The fourth-order valence-electron chi connectivity index (χ4n) is 5.06. The molecule has 0 radical (unpaired) electrons. The van der Waals surface area contributed by atoms with Crippen LogP contribution >= 0.6 is 0 Å². The third kappa shape index (κ3) is 14.1. The second kappa shape index (κ2) is 25.3. The Hall–Kier alpha value is -2.07. The normalized spacial score (nSPS) is 12.4. The molecule has 1 heterocycles. The summed E-state index contributed by atoms with van der Waals surface area (Å²) in [6.07, 6.45) is 15.3. The summed E-state index contributed by atoms with van der Waals surface area (Å²) in [5, 5.41) is 16.1. The quantitative estimate of drug-likeness (QED) is 0.110. The van der Waals surface area contributed by atoms with E-state index in [-0.39, 0.29) is 16.5 Å². The minimum absolute atomic E-state index is 0. The van der Waals surface area contributed by atoms with Crippen LogP contribution in [0.1, 0.15) is 141 Å². The molecule has 4 nitrogen and oxygen atoms in total. The molecule has 2 aromatic carbocycles. The third-order valence-corrected chi connectivity index (χ3v) is 7.66. The third-order valence-electron chi connectivity index (χ3n) is 7.66. The van der Waals surface area contributed by atoms with E-state index >= 15 is 0 Å². The Balaban J connectivity index is 0.00000139. The summed E-state index contributed by atoms with van der Waals surface area (Å²) in [7, 11) is 0. The Morgan fingerprint density at radius 3 is 1.33 bits per heavy atom. The van der Waals surface area contributed by atoms with Crippen LogP contribution in [0.5, 0.6) is 0 Å². The number of unbranched alkanes of at least 4 members (excludes halogenated alkanes) is 6. The van der Waals surface area contributed by atoms with Gasteiger partial charge in [-0.15, -0.1) is 0 Å². The molecule has 0 atom stereocenters. The SMILES string of the molecule is CCCCCCC1=C(c2cccc(CC)c2)[N+](=[N-])C(c2cccc(CC)c2)=C1CCCC.CCCCO.CCCCO.[Ni]. The van der Waals surface area contributed by atoms with Crippen molar-refractivity contribution in [2.24, 2.45) is 0 Å². The number of hydrogen-bond acceptors (Lipinski definition) is 2. The average molecular weight is 636 g/mol. The van der Waals surface area contributed by atoms with Gasteiger partial charge in [-0.1, -0.05) is 104 Å². The number of allylic oxidation sites excluding steroid dienone is 2. The van der Waals surface area contributed by atoms with Gasteiger partial charge >= 0.3 is 0 Å². The maximum absolute atomic E-state index is 11.6. The van der Waals surface area contributed by atoms with Crippen LogP contribution in [0.2, 0.25) is 0 Å². The van der Waals surface area contributed by atoms with Crippen LogP contribution in [-0.2, 0) is 29.3 Å². The van der Waals surface area contributed by atoms with Gasteiger partial charge in [0.1, 0.15) is 0 Å². The van der Waals surface area contributed by atoms with Crippen molar-refractivity contribution in [3.63, 3.8) is 0 Å². The van der Waals surface area contributed by atoms with E-state index in [9.17, 15) is 5.53 Å². The summed E-state index contributed by atoms with van der Waals surface area (Å²) in [6.45, 7) is 13.7. The summed E-state index contributed by atoms with van der Waals surface area (Å²) in [5.41, 5.74) is 21.2. The van der Waals surface area contributed by atoms with Crippen LogP contribution in [0.25, 0.3) is 16.9 Å². The first-order chi connectivity index (χ1) is 20.5. The largest absolute Gasteiger partial charge is 0.493 e. The fraction of sp³-hybridized carbons (Fsp3) is 0.579. The predicted octanol–water partition coefficient (Wildman–Crippen LogP) is 10.7. The van der Waals surface area contributed by atoms with E-state index in [0.717, 1.165) is 86.7 Å². The second-order valence-corrected chi connectivity index (χ2v) is 11.1. The molecule has 0 aromatic heterocycles. The summed E-state index contributed by atoms with van der Waals surface area (Å²) < 4.78 is 1.52. The van der Waals surface area contributed by atoms with Crippen molar-refractivity contribution in [3.05, 3.63) is 87.5 Å². The molecule has 3 rings (SSSR count). The van der Waals surface area contributed by atoms with Gasteiger partial charge in [0, 0.05) is 52.0 Å². The first kappa shape index (κ1) is 40.9. The van der Waals surface area contributed by atoms with Gasteiger partial charge in [0.25, 0.3) is 0 Å². The van der Waals surface area contributed by atoms with Gasteiger partial charge in [0.05, 0.1) is 0 Å². The molecule has 2 aromatic rings. The summed E-state index contributed by atoms with van der Waals surface area (Å²) in [5.74, 6) is 0. The second-order valence-electron chi connectivity index (χ2n) is 11.1. The van der Waals surface area contributed by atoms with Gasteiger partial charge in [-0.05, 0) is 86.8 Å². The topological polar surface area (TPSA) is 65.8 Å². The molecule has 0 amide bonds. The molecule has 1 aliphatic heterocycles.